The van der Waals surface area contributed by atoms with Crippen molar-refractivity contribution >= 4 is 10.0 Å². The van der Waals surface area contributed by atoms with Crippen LogP contribution in [-0.2, 0) is 21.2 Å². The van der Waals surface area contributed by atoms with Crippen LogP contribution < -0.4 is 0 Å². The van der Waals surface area contributed by atoms with Crippen LogP contribution in [0, 0.1) is 6.92 Å². The first kappa shape index (κ1) is 16.2. The van der Waals surface area contributed by atoms with Crippen molar-refractivity contribution in [3.63, 3.8) is 0 Å². The Morgan fingerprint density at radius 1 is 1.09 bits per heavy atom. The molecule has 1 aliphatic rings. The van der Waals surface area contributed by atoms with Crippen molar-refractivity contribution in [2.24, 2.45) is 0 Å². The van der Waals surface area contributed by atoms with E-state index in [1.165, 1.54) is 0 Å². The molecule has 0 radical (unpaired) electrons. The van der Waals surface area contributed by atoms with E-state index in [1.54, 1.807) is 16.4 Å². The monoisotopic (exact) mass is 331 g/mol. The Hall–Kier alpha value is -1.69. The molecule has 1 fully saturated rings. The van der Waals surface area contributed by atoms with E-state index in [0.29, 0.717) is 31.1 Å². The van der Waals surface area contributed by atoms with E-state index in [9.17, 15) is 8.42 Å². The van der Waals surface area contributed by atoms with Gasteiger partial charge in [-0.2, -0.15) is 4.31 Å². The zero-order chi connectivity index (χ0) is 16.3. The van der Waals surface area contributed by atoms with Gasteiger partial charge in [0.2, 0.25) is 10.0 Å². The van der Waals surface area contributed by atoms with E-state index in [0.717, 1.165) is 11.1 Å². The summed E-state index contributed by atoms with van der Waals surface area (Å²) in [7, 11) is -3.51. The molecule has 5 heteroatoms. The molecule has 4 nitrogen and oxygen atoms in total. The maximum absolute atomic E-state index is 13.1. The zero-order valence-corrected chi connectivity index (χ0v) is 14.0. The van der Waals surface area contributed by atoms with Gasteiger partial charge in [0.1, 0.15) is 0 Å². The third kappa shape index (κ3) is 3.47. The van der Waals surface area contributed by atoms with Crippen LogP contribution in [0.15, 0.2) is 59.5 Å². The lowest BCUT2D eigenvalue weighted by atomic mass is 10.1. The summed E-state index contributed by atoms with van der Waals surface area (Å²) in [6.07, 6.45) is 0.659. The van der Waals surface area contributed by atoms with Crippen LogP contribution in [0.5, 0.6) is 0 Å². The molecule has 0 spiro atoms. The van der Waals surface area contributed by atoms with Gasteiger partial charge in [-0.3, -0.25) is 0 Å². The third-order valence-corrected chi connectivity index (χ3v) is 6.28. The molecule has 0 saturated carbocycles. The Labute approximate surface area is 137 Å². The summed E-state index contributed by atoms with van der Waals surface area (Å²) in [6.45, 7) is 3.10. The van der Waals surface area contributed by atoms with E-state index in [-0.39, 0.29) is 6.04 Å². The van der Waals surface area contributed by atoms with Gasteiger partial charge in [0.05, 0.1) is 24.2 Å². The summed E-state index contributed by atoms with van der Waals surface area (Å²) in [6, 6.07) is 16.9. The molecule has 1 saturated heterocycles. The summed E-state index contributed by atoms with van der Waals surface area (Å²) < 4.78 is 33.3. The molecule has 0 aromatic heterocycles. The fraction of sp³-hybridized carbons (Fsp3) is 0.333. The van der Waals surface area contributed by atoms with E-state index >= 15 is 0 Å². The number of ether oxygens (including phenoxy) is 1. The second-order valence-corrected chi connectivity index (χ2v) is 7.66. The second-order valence-electron chi connectivity index (χ2n) is 5.80. The standard InChI is InChI=1S/C18H21NO3S/c1-15-7-5-6-10-18(15)23(20,21)19-11-12-22-14-17(19)13-16-8-3-2-4-9-16/h2-10,17H,11-14H2,1H3. The highest BCUT2D eigenvalue weighted by atomic mass is 32.2. The smallest absolute Gasteiger partial charge is 0.243 e. The van der Waals surface area contributed by atoms with Crippen LogP contribution in [-0.4, -0.2) is 38.5 Å². The largest absolute Gasteiger partial charge is 0.378 e. The number of aryl methyl sites for hydroxylation is 1. The summed E-state index contributed by atoms with van der Waals surface area (Å²) >= 11 is 0. The van der Waals surface area contributed by atoms with Gasteiger partial charge in [0, 0.05) is 6.54 Å². The van der Waals surface area contributed by atoms with Crippen molar-refractivity contribution in [2.75, 3.05) is 19.8 Å². The highest BCUT2D eigenvalue weighted by Gasteiger charge is 2.34. The van der Waals surface area contributed by atoms with Crippen LogP contribution in [0.4, 0.5) is 0 Å². The van der Waals surface area contributed by atoms with E-state index in [2.05, 4.69) is 0 Å². The van der Waals surface area contributed by atoms with Crippen LogP contribution in [0.3, 0.4) is 0 Å². The molecule has 1 unspecified atom stereocenters. The van der Waals surface area contributed by atoms with E-state index in [1.807, 2.05) is 49.4 Å². The number of benzene rings is 2. The van der Waals surface area contributed by atoms with E-state index < -0.39 is 10.0 Å². The zero-order valence-electron chi connectivity index (χ0n) is 13.2. The topological polar surface area (TPSA) is 46.6 Å². The Bertz CT molecular complexity index is 759. The van der Waals surface area contributed by atoms with Gasteiger partial charge in [-0.25, -0.2) is 8.42 Å². The SMILES string of the molecule is Cc1ccccc1S(=O)(=O)N1CCOCC1Cc1ccccc1. The summed E-state index contributed by atoms with van der Waals surface area (Å²) in [5.74, 6) is 0. The molecule has 1 heterocycles. The number of morpholine rings is 1. The molecule has 2 aromatic carbocycles. The minimum Gasteiger partial charge on any atom is -0.378 e. The van der Waals surface area contributed by atoms with Gasteiger partial charge < -0.3 is 4.74 Å². The third-order valence-electron chi connectivity index (χ3n) is 4.17. The Morgan fingerprint density at radius 2 is 1.78 bits per heavy atom. The van der Waals surface area contributed by atoms with Gasteiger partial charge in [0.25, 0.3) is 0 Å². The van der Waals surface area contributed by atoms with Crippen molar-refractivity contribution in [1.82, 2.24) is 4.31 Å². The minimum absolute atomic E-state index is 0.171. The average molecular weight is 331 g/mol. The maximum Gasteiger partial charge on any atom is 0.243 e. The Kier molecular flexibility index (Phi) is 4.80. The molecule has 122 valence electrons. The molecule has 23 heavy (non-hydrogen) atoms. The molecule has 1 atom stereocenters. The highest BCUT2D eigenvalue weighted by molar-refractivity contribution is 7.89. The van der Waals surface area contributed by atoms with Crippen LogP contribution in [0.25, 0.3) is 0 Å². The first-order chi connectivity index (χ1) is 11.1. The summed E-state index contributed by atoms with van der Waals surface area (Å²) in [5.41, 5.74) is 1.89. The van der Waals surface area contributed by atoms with Gasteiger partial charge in [-0.15, -0.1) is 0 Å². The predicted octanol–water partition coefficient (Wildman–Crippen LogP) is 2.63. The fourth-order valence-electron chi connectivity index (χ4n) is 2.98. The number of sulfonamides is 1. The fourth-order valence-corrected chi connectivity index (χ4v) is 4.80. The Balaban J connectivity index is 1.90. The number of rotatable bonds is 4. The molecular formula is C18H21NO3S. The maximum atomic E-state index is 13.1. The van der Waals surface area contributed by atoms with Gasteiger partial charge in [-0.1, -0.05) is 48.5 Å². The van der Waals surface area contributed by atoms with Gasteiger partial charge in [0.15, 0.2) is 0 Å². The summed E-state index contributed by atoms with van der Waals surface area (Å²) in [5, 5.41) is 0. The lowest BCUT2D eigenvalue weighted by Crippen LogP contribution is -2.49. The summed E-state index contributed by atoms with van der Waals surface area (Å²) in [4.78, 5) is 0.389. The van der Waals surface area contributed by atoms with Crippen LogP contribution in [0.2, 0.25) is 0 Å². The quantitative estimate of drug-likeness (QED) is 0.865. The number of hydrogen-bond acceptors (Lipinski definition) is 3. The first-order valence-corrected chi connectivity index (χ1v) is 9.22. The van der Waals surface area contributed by atoms with Gasteiger partial charge in [-0.05, 0) is 30.5 Å². The van der Waals surface area contributed by atoms with Crippen molar-refractivity contribution < 1.29 is 13.2 Å². The second kappa shape index (κ2) is 6.83. The lowest BCUT2D eigenvalue weighted by Gasteiger charge is -2.35. The van der Waals surface area contributed by atoms with Crippen molar-refractivity contribution in [1.29, 1.82) is 0 Å². The molecular weight excluding hydrogens is 310 g/mol. The highest BCUT2D eigenvalue weighted by Crippen LogP contribution is 2.24. The first-order valence-electron chi connectivity index (χ1n) is 7.78. The van der Waals surface area contributed by atoms with Crippen molar-refractivity contribution in [2.45, 2.75) is 24.3 Å². The van der Waals surface area contributed by atoms with Gasteiger partial charge >= 0.3 is 0 Å². The van der Waals surface area contributed by atoms with Crippen LogP contribution in [0.1, 0.15) is 11.1 Å². The molecule has 3 rings (SSSR count). The van der Waals surface area contributed by atoms with Crippen molar-refractivity contribution in [3.8, 4) is 0 Å². The molecule has 0 aliphatic carbocycles. The minimum atomic E-state index is -3.51. The van der Waals surface area contributed by atoms with Crippen LogP contribution >= 0.6 is 0 Å². The molecule has 1 aliphatic heterocycles. The Morgan fingerprint density at radius 3 is 2.52 bits per heavy atom. The number of hydrogen-bond donors (Lipinski definition) is 0. The molecule has 0 bridgehead atoms. The van der Waals surface area contributed by atoms with Crippen molar-refractivity contribution in [3.05, 3.63) is 65.7 Å². The van der Waals surface area contributed by atoms with E-state index in [4.69, 9.17) is 4.74 Å². The lowest BCUT2D eigenvalue weighted by molar-refractivity contribution is 0.0328. The molecule has 0 amide bonds. The predicted molar refractivity (Wildman–Crippen MR) is 89.8 cm³/mol. The molecule has 2 aromatic rings. The average Bonchev–Trinajstić information content (AvgIpc) is 2.56. The number of nitrogens with zero attached hydrogens (tertiary/aromatic N) is 1. The normalized spacial score (nSPS) is 19.6. The molecule has 0 N–H and O–H groups in total.